The number of morpholine rings is 1. The molecule has 2 amide bonds. The molecule has 0 radical (unpaired) electrons. The normalized spacial score (nSPS) is 16.3. The van der Waals surface area contributed by atoms with Crippen molar-refractivity contribution in [3.8, 4) is 0 Å². The summed E-state index contributed by atoms with van der Waals surface area (Å²) < 4.78 is 5.25. The van der Waals surface area contributed by atoms with Gasteiger partial charge in [-0.2, -0.15) is 0 Å². The Balaban J connectivity index is 1.96. The Kier molecular flexibility index (Phi) is 6.07. The molecule has 114 valence electrons. The second-order valence-corrected chi connectivity index (χ2v) is 5.91. The maximum atomic E-state index is 12.5. The molecule has 0 saturated carbocycles. The van der Waals surface area contributed by atoms with Crippen molar-refractivity contribution in [1.29, 1.82) is 0 Å². The predicted molar refractivity (Wildman–Crippen MR) is 82.2 cm³/mol. The number of amides is 2. The molecule has 2 rings (SSSR count). The smallest absolute Gasteiger partial charge is 0.246 e. The first-order valence-electron chi connectivity index (χ1n) is 6.98. The van der Waals surface area contributed by atoms with Crippen LogP contribution in [0.25, 0.3) is 0 Å². The van der Waals surface area contributed by atoms with Gasteiger partial charge in [0, 0.05) is 30.7 Å². The molecular formula is C15H20N2O3S. The van der Waals surface area contributed by atoms with Crippen LogP contribution in [-0.2, 0) is 14.3 Å². The van der Waals surface area contributed by atoms with Crippen molar-refractivity contribution in [3.05, 3.63) is 30.3 Å². The third kappa shape index (κ3) is 5.06. The lowest BCUT2D eigenvalue weighted by Gasteiger charge is -2.30. The van der Waals surface area contributed by atoms with Crippen LogP contribution in [0.1, 0.15) is 6.92 Å². The quantitative estimate of drug-likeness (QED) is 0.829. The summed E-state index contributed by atoms with van der Waals surface area (Å²) in [5.41, 5.74) is 0. The number of hydrogen-bond acceptors (Lipinski definition) is 4. The Morgan fingerprint density at radius 3 is 2.57 bits per heavy atom. The standard InChI is InChI=1S/C15H20N2O3S/c1-12(18)16-14(11-21-13-5-3-2-4-6-13)15(19)17-7-9-20-10-8-17/h2-6,14H,7-11H2,1H3,(H,16,18). The highest BCUT2D eigenvalue weighted by atomic mass is 32.2. The van der Waals surface area contributed by atoms with Crippen molar-refractivity contribution in [2.24, 2.45) is 0 Å². The Morgan fingerprint density at radius 2 is 1.95 bits per heavy atom. The summed E-state index contributed by atoms with van der Waals surface area (Å²) in [5, 5.41) is 2.76. The third-order valence-corrected chi connectivity index (χ3v) is 4.26. The second-order valence-electron chi connectivity index (χ2n) is 4.81. The third-order valence-electron chi connectivity index (χ3n) is 3.16. The number of ether oxygens (including phenoxy) is 1. The van der Waals surface area contributed by atoms with Crippen molar-refractivity contribution in [3.63, 3.8) is 0 Å². The van der Waals surface area contributed by atoms with E-state index in [0.717, 1.165) is 4.90 Å². The van der Waals surface area contributed by atoms with E-state index in [1.165, 1.54) is 6.92 Å². The average molecular weight is 308 g/mol. The van der Waals surface area contributed by atoms with E-state index in [1.807, 2.05) is 30.3 Å². The van der Waals surface area contributed by atoms with Crippen LogP contribution in [0.4, 0.5) is 0 Å². The van der Waals surface area contributed by atoms with Crippen LogP contribution in [0.2, 0.25) is 0 Å². The lowest BCUT2D eigenvalue weighted by molar-refractivity contribution is -0.138. The fourth-order valence-corrected chi connectivity index (χ4v) is 3.06. The second kappa shape index (κ2) is 8.05. The molecule has 1 unspecified atom stereocenters. The fraction of sp³-hybridized carbons (Fsp3) is 0.467. The molecule has 1 N–H and O–H groups in total. The lowest BCUT2D eigenvalue weighted by atomic mass is 10.2. The summed E-state index contributed by atoms with van der Waals surface area (Å²) in [5.74, 6) is 0.312. The highest BCUT2D eigenvalue weighted by Crippen LogP contribution is 2.18. The predicted octanol–water partition coefficient (Wildman–Crippen LogP) is 1.14. The topological polar surface area (TPSA) is 58.6 Å². The molecule has 1 fully saturated rings. The van der Waals surface area contributed by atoms with Crippen LogP contribution in [0.5, 0.6) is 0 Å². The van der Waals surface area contributed by atoms with Gasteiger partial charge >= 0.3 is 0 Å². The number of carbonyl (C=O) groups is 2. The Hall–Kier alpha value is -1.53. The molecule has 1 aliphatic rings. The zero-order chi connectivity index (χ0) is 15.1. The first-order valence-corrected chi connectivity index (χ1v) is 7.97. The van der Waals surface area contributed by atoms with E-state index in [1.54, 1.807) is 16.7 Å². The van der Waals surface area contributed by atoms with E-state index >= 15 is 0 Å². The number of benzene rings is 1. The van der Waals surface area contributed by atoms with Gasteiger partial charge in [-0.1, -0.05) is 18.2 Å². The molecule has 0 bridgehead atoms. The van der Waals surface area contributed by atoms with E-state index in [0.29, 0.717) is 32.1 Å². The van der Waals surface area contributed by atoms with E-state index in [9.17, 15) is 9.59 Å². The van der Waals surface area contributed by atoms with Gasteiger partial charge in [-0.05, 0) is 12.1 Å². The van der Waals surface area contributed by atoms with Gasteiger partial charge in [0.25, 0.3) is 0 Å². The lowest BCUT2D eigenvalue weighted by Crippen LogP contribution is -2.52. The zero-order valence-corrected chi connectivity index (χ0v) is 12.9. The van der Waals surface area contributed by atoms with Gasteiger partial charge in [0.15, 0.2) is 0 Å². The van der Waals surface area contributed by atoms with Crippen LogP contribution < -0.4 is 5.32 Å². The number of rotatable bonds is 5. The number of nitrogens with zero attached hydrogens (tertiary/aromatic N) is 1. The minimum atomic E-state index is -0.495. The molecule has 21 heavy (non-hydrogen) atoms. The Morgan fingerprint density at radius 1 is 1.29 bits per heavy atom. The largest absolute Gasteiger partial charge is 0.378 e. The van der Waals surface area contributed by atoms with Crippen LogP contribution in [0, 0.1) is 0 Å². The molecule has 5 nitrogen and oxygen atoms in total. The molecule has 6 heteroatoms. The number of carbonyl (C=O) groups excluding carboxylic acids is 2. The van der Waals surface area contributed by atoms with Gasteiger partial charge in [-0.25, -0.2) is 0 Å². The van der Waals surface area contributed by atoms with Gasteiger partial charge < -0.3 is 15.0 Å². The van der Waals surface area contributed by atoms with Crippen molar-refractivity contribution in [2.45, 2.75) is 17.9 Å². The summed E-state index contributed by atoms with van der Waals surface area (Å²) in [6.07, 6.45) is 0. The summed E-state index contributed by atoms with van der Waals surface area (Å²) in [6.45, 7) is 3.73. The molecule has 1 heterocycles. The summed E-state index contributed by atoms with van der Waals surface area (Å²) in [7, 11) is 0. The van der Waals surface area contributed by atoms with Crippen LogP contribution in [0.3, 0.4) is 0 Å². The van der Waals surface area contributed by atoms with E-state index in [2.05, 4.69) is 5.32 Å². The zero-order valence-electron chi connectivity index (χ0n) is 12.1. The average Bonchev–Trinajstić information content (AvgIpc) is 2.52. The van der Waals surface area contributed by atoms with Crippen molar-refractivity contribution >= 4 is 23.6 Å². The molecule has 1 aliphatic heterocycles. The van der Waals surface area contributed by atoms with Crippen molar-refractivity contribution < 1.29 is 14.3 Å². The number of nitrogens with one attached hydrogen (secondary N) is 1. The van der Waals surface area contributed by atoms with Gasteiger partial charge in [0.2, 0.25) is 11.8 Å². The van der Waals surface area contributed by atoms with Gasteiger partial charge in [-0.15, -0.1) is 11.8 Å². The summed E-state index contributed by atoms with van der Waals surface area (Å²) in [4.78, 5) is 26.7. The molecule has 0 spiro atoms. The van der Waals surface area contributed by atoms with E-state index < -0.39 is 6.04 Å². The minimum Gasteiger partial charge on any atom is -0.378 e. The highest BCUT2D eigenvalue weighted by molar-refractivity contribution is 7.99. The van der Waals surface area contributed by atoms with Gasteiger partial charge in [0.1, 0.15) is 6.04 Å². The van der Waals surface area contributed by atoms with E-state index in [-0.39, 0.29) is 11.8 Å². The van der Waals surface area contributed by atoms with Crippen LogP contribution >= 0.6 is 11.8 Å². The molecule has 1 saturated heterocycles. The van der Waals surface area contributed by atoms with E-state index in [4.69, 9.17) is 4.74 Å². The molecule has 1 atom stereocenters. The first-order chi connectivity index (χ1) is 10.2. The SMILES string of the molecule is CC(=O)NC(CSc1ccccc1)C(=O)N1CCOCC1. The summed E-state index contributed by atoms with van der Waals surface area (Å²) >= 11 is 1.57. The fourth-order valence-electron chi connectivity index (χ4n) is 2.12. The number of hydrogen-bond donors (Lipinski definition) is 1. The van der Waals surface area contributed by atoms with Crippen molar-refractivity contribution in [1.82, 2.24) is 10.2 Å². The highest BCUT2D eigenvalue weighted by Gasteiger charge is 2.26. The Labute approximate surface area is 129 Å². The molecule has 1 aromatic carbocycles. The van der Waals surface area contributed by atoms with Crippen LogP contribution in [0.15, 0.2) is 35.2 Å². The maximum Gasteiger partial charge on any atom is 0.246 e. The molecular weight excluding hydrogens is 288 g/mol. The van der Waals surface area contributed by atoms with Crippen LogP contribution in [-0.4, -0.2) is 54.8 Å². The van der Waals surface area contributed by atoms with Crippen molar-refractivity contribution in [2.75, 3.05) is 32.1 Å². The van der Waals surface area contributed by atoms with Gasteiger partial charge in [0.05, 0.1) is 13.2 Å². The monoisotopic (exact) mass is 308 g/mol. The molecule has 0 aliphatic carbocycles. The molecule has 1 aromatic rings. The first kappa shape index (κ1) is 15.9. The Bertz CT molecular complexity index is 475. The van der Waals surface area contributed by atoms with Gasteiger partial charge in [-0.3, -0.25) is 9.59 Å². The number of thioether (sulfide) groups is 1. The minimum absolute atomic E-state index is 0.0306. The maximum absolute atomic E-state index is 12.5. The molecule has 0 aromatic heterocycles. The summed E-state index contributed by atoms with van der Waals surface area (Å²) in [6, 6.07) is 9.36.